The average Bonchev–Trinajstić information content (AvgIpc) is 2.27. The van der Waals surface area contributed by atoms with Crippen molar-refractivity contribution in [3.63, 3.8) is 0 Å². The largest absolute Gasteiger partial charge is 0.379 e. The summed E-state index contributed by atoms with van der Waals surface area (Å²) in [7, 11) is 3.67. The minimum atomic E-state index is 0.0584. The van der Waals surface area contributed by atoms with E-state index in [1.54, 1.807) is 7.11 Å². The predicted octanol–water partition coefficient (Wildman–Crippen LogP) is 1.80. The lowest BCUT2D eigenvalue weighted by molar-refractivity contribution is 0.0234. The average molecular weight is 195 g/mol. The van der Waals surface area contributed by atoms with Crippen molar-refractivity contribution < 1.29 is 4.74 Å². The van der Waals surface area contributed by atoms with Crippen molar-refractivity contribution >= 4 is 0 Å². The van der Waals surface area contributed by atoms with Gasteiger partial charge >= 0.3 is 0 Å². The van der Waals surface area contributed by atoms with Gasteiger partial charge in [-0.15, -0.1) is 6.42 Å². The van der Waals surface area contributed by atoms with Crippen molar-refractivity contribution in [2.45, 2.75) is 44.2 Å². The fraction of sp³-hybridized carbons (Fsp3) is 0.833. The van der Waals surface area contributed by atoms with Crippen LogP contribution in [0.2, 0.25) is 0 Å². The van der Waals surface area contributed by atoms with Gasteiger partial charge in [-0.2, -0.15) is 0 Å². The molecule has 2 nitrogen and oxygen atoms in total. The minimum absolute atomic E-state index is 0.0584. The Morgan fingerprint density at radius 1 is 1.36 bits per heavy atom. The van der Waals surface area contributed by atoms with E-state index in [1.807, 2.05) is 7.05 Å². The Morgan fingerprint density at radius 3 is 2.43 bits per heavy atom. The molecule has 1 N–H and O–H groups in total. The first kappa shape index (κ1) is 11.6. The van der Waals surface area contributed by atoms with Crippen LogP contribution in [-0.4, -0.2) is 26.3 Å². The molecule has 14 heavy (non-hydrogen) atoms. The highest BCUT2D eigenvalue weighted by Gasteiger charge is 2.28. The van der Waals surface area contributed by atoms with Crippen molar-refractivity contribution in [2.75, 3.05) is 14.2 Å². The van der Waals surface area contributed by atoms with Gasteiger partial charge in [0, 0.05) is 7.11 Å². The maximum absolute atomic E-state index is 5.53. The normalized spacial score (nSPS) is 22.6. The first-order valence-electron chi connectivity index (χ1n) is 5.49. The summed E-state index contributed by atoms with van der Waals surface area (Å²) in [6.07, 6.45) is 12.2. The monoisotopic (exact) mass is 195 g/mol. The number of likely N-dealkylation sites (N-methyl/N-ethyl adjacent to an activating group) is 1. The summed E-state index contributed by atoms with van der Waals surface area (Å²) in [6, 6.07) is 0.0584. The molecule has 0 saturated heterocycles. The number of nitrogens with one attached hydrogen (secondary N) is 1. The van der Waals surface area contributed by atoms with Crippen molar-refractivity contribution in [1.82, 2.24) is 5.32 Å². The van der Waals surface area contributed by atoms with Gasteiger partial charge in [-0.1, -0.05) is 25.2 Å². The van der Waals surface area contributed by atoms with E-state index < -0.39 is 0 Å². The third kappa shape index (κ3) is 2.73. The Bertz CT molecular complexity index is 191. The van der Waals surface area contributed by atoms with Crippen LogP contribution >= 0.6 is 0 Å². The Balaban J connectivity index is 2.55. The van der Waals surface area contributed by atoms with Crippen molar-refractivity contribution in [3.8, 4) is 12.3 Å². The van der Waals surface area contributed by atoms with Gasteiger partial charge < -0.3 is 10.1 Å². The summed E-state index contributed by atoms with van der Waals surface area (Å²) in [6.45, 7) is 0. The molecule has 0 radical (unpaired) electrons. The molecule has 1 fully saturated rings. The van der Waals surface area contributed by atoms with Crippen LogP contribution in [0, 0.1) is 18.3 Å². The van der Waals surface area contributed by atoms with Crippen LogP contribution in [0.3, 0.4) is 0 Å². The van der Waals surface area contributed by atoms with E-state index in [4.69, 9.17) is 11.2 Å². The Morgan fingerprint density at radius 2 is 2.00 bits per heavy atom. The molecule has 0 heterocycles. The Kier molecular flexibility index (Phi) is 5.00. The molecule has 1 aliphatic rings. The third-order valence-electron chi connectivity index (χ3n) is 3.21. The summed E-state index contributed by atoms with van der Waals surface area (Å²) in [5.41, 5.74) is 0. The van der Waals surface area contributed by atoms with E-state index in [0.29, 0.717) is 5.92 Å². The molecule has 0 aromatic carbocycles. The lowest BCUT2D eigenvalue weighted by Crippen LogP contribution is -2.43. The molecule has 0 bridgehead atoms. The van der Waals surface area contributed by atoms with Crippen LogP contribution in [0.25, 0.3) is 0 Å². The Hall–Kier alpha value is -0.520. The maximum Gasteiger partial charge on any atom is 0.0952 e. The lowest BCUT2D eigenvalue weighted by Gasteiger charge is -2.32. The molecular formula is C12H21NO. The molecule has 0 aliphatic heterocycles. The number of hydrogen-bond donors (Lipinski definition) is 1. The smallest absolute Gasteiger partial charge is 0.0952 e. The highest BCUT2D eigenvalue weighted by molar-refractivity contribution is 5.04. The molecule has 0 aromatic heterocycles. The number of methoxy groups -OCH3 is 1. The van der Waals surface area contributed by atoms with E-state index in [-0.39, 0.29) is 12.1 Å². The van der Waals surface area contributed by atoms with E-state index in [0.717, 1.165) is 0 Å². The molecule has 0 spiro atoms. The van der Waals surface area contributed by atoms with Crippen molar-refractivity contribution in [3.05, 3.63) is 0 Å². The molecule has 2 atom stereocenters. The van der Waals surface area contributed by atoms with Crippen molar-refractivity contribution in [2.24, 2.45) is 5.92 Å². The molecule has 80 valence electrons. The standard InChI is InChI=1S/C12H21NO/c1-4-11(13-2)12(14-3)10-8-6-5-7-9-10/h1,10-13H,5-9H2,2-3H3. The molecule has 2 unspecified atom stereocenters. The second kappa shape index (κ2) is 6.06. The maximum atomic E-state index is 5.53. The van der Waals surface area contributed by atoms with Crippen LogP contribution in [0.1, 0.15) is 32.1 Å². The summed E-state index contributed by atoms with van der Waals surface area (Å²) < 4.78 is 5.53. The fourth-order valence-electron chi connectivity index (χ4n) is 2.41. The molecule has 1 aliphatic carbocycles. The second-order valence-corrected chi connectivity index (χ2v) is 4.03. The van der Waals surface area contributed by atoms with Gasteiger partial charge in [0.1, 0.15) is 0 Å². The van der Waals surface area contributed by atoms with Crippen LogP contribution in [0.4, 0.5) is 0 Å². The SMILES string of the molecule is C#CC(NC)C(OC)C1CCCCC1. The van der Waals surface area contributed by atoms with Gasteiger partial charge in [0.2, 0.25) is 0 Å². The molecule has 1 rings (SSSR count). The molecule has 0 aromatic rings. The third-order valence-corrected chi connectivity index (χ3v) is 3.21. The first-order valence-corrected chi connectivity index (χ1v) is 5.49. The van der Waals surface area contributed by atoms with Crippen LogP contribution in [0.15, 0.2) is 0 Å². The van der Waals surface area contributed by atoms with E-state index >= 15 is 0 Å². The quantitative estimate of drug-likeness (QED) is 0.691. The van der Waals surface area contributed by atoms with E-state index in [1.165, 1.54) is 32.1 Å². The van der Waals surface area contributed by atoms with E-state index in [9.17, 15) is 0 Å². The summed E-state index contributed by atoms with van der Waals surface area (Å²) in [4.78, 5) is 0. The van der Waals surface area contributed by atoms with Crippen LogP contribution in [-0.2, 0) is 4.74 Å². The number of ether oxygens (including phenoxy) is 1. The van der Waals surface area contributed by atoms with Gasteiger partial charge in [0.15, 0.2) is 0 Å². The topological polar surface area (TPSA) is 21.3 Å². The van der Waals surface area contributed by atoms with Crippen LogP contribution < -0.4 is 5.32 Å². The van der Waals surface area contributed by atoms with Gasteiger partial charge in [-0.3, -0.25) is 0 Å². The highest BCUT2D eigenvalue weighted by Crippen LogP contribution is 2.29. The number of rotatable bonds is 4. The second-order valence-electron chi connectivity index (χ2n) is 4.03. The first-order chi connectivity index (χ1) is 6.83. The zero-order valence-corrected chi connectivity index (χ0v) is 9.25. The zero-order valence-electron chi connectivity index (χ0n) is 9.25. The Labute approximate surface area is 87.4 Å². The number of terminal acetylenes is 1. The minimum Gasteiger partial charge on any atom is -0.379 e. The predicted molar refractivity (Wildman–Crippen MR) is 59.1 cm³/mol. The molecular weight excluding hydrogens is 174 g/mol. The van der Waals surface area contributed by atoms with Crippen LogP contribution in [0.5, 0.6) is 0 Å². The molecule has 0 amide bonds. The molecule has 2 heteroatoms. The fourth-order valence-corrected chi connectivity index (χ4v) is 2.41. The van der Waals surface area contributed by atoms with Gasteiger partial charge in [0.25, 0.3) is 0 Å². The van der Waals surface area contributed by atoms with E-state index in [2.05, 4.69) is 11.2 Å². The van der Waals surface area contributed by atoms with Gasteiger partial charge in [-0.05, 0) is 25.8 Å². The van der Waals surface area contributed by atoms with Gasteiger partial charge in [-0.25, -0.2) is 0 Å². The lowest BCUT2D eigenvalue weighted by atomic mass is 9.82. The summed E-state index contributed by atoms with van der Waals surface area (Å²) >= 11 is 0. The zero-order chi connectivity index (χ0) is 10.4. The number of hydrogen-bond acceptors (Lipinski definition) is 2. The summed E-state index contributed by atoms with van der Waals surface area (Å²) in [5.74, 6) is 3.40. The van der Waals surface area contributed by atoms with Crippen molar-refractivity contribution in [1.29, 1.82) is 0 Å². The highest BCUT2D eigenvalue weighted by atomic mass is 16.5. The summed E-state index contributed by atoms with van der Waals surface area (Å²) in [5, 5.41) is 3.14. The molecule has 1 saturated carbocycles. The van der Waals surface area contributed by atoms with Gasteiger partial charge in [0.05, 0.1) is 12.1 Å².